The number of carbonyl (C=O) groups is 2. The van der Waals surface area contributed by atoms with Gasteiger partial charge in [0.25, 0.3) is 0 Å². The van der Waals surface area contributed by atoms with Crippen molar-refractivity contribution in [1.29, 1.82) is 0 Å². The number of carboxylic acid groups (broad SMARTS) is 1. The monoisotopic (exact) mass is 252 g/mol. The van der Waals surface area contributed by atoms with Crippen molar-refractivity contribution in [2.75, 3.05) is 31.1 Å². The molecule has 18 heavy (non-hydrogen) atoms. The Labute approximate surface area is 103 Å². The molecule has 0 atom stereocenters. The fraction of sp³-hybridized carbons (Fsp3) is 0.333. The molecule has 6 heteroatoms. The minimum absolute atomic E-state index is 0.293. The van der Waals surface area contributed by atoms with E-state index in [0.717, 1.165) is 5.69 Å². The molecule has 2 rings (SSSR count). The number of benzene rings is 1. The Kier molecular flexibility index (Phi) is 3.45. The van der Waals surface area contributed by atoms with E-state index in [0.29, 0.717) is 26.2 Å². The van der Waals surface area contributed by atoms with E-state index >= 15 is 0 Å². The van der Waals surface area contributed by atoms with Gasteiger partial charge in [0.1, 0.15) is 5.82 Å². The third-order valence-electron chi connectivity index (χ3n) is 2.94. The van der Waals surface area contributed by atoms with Crippen LogP contribution in [0.1, 0.15) is 0 Å². The first-order valence-corrected chi connectivity index (χ1v) is 5.60. The van der Waals surface area contributed by atoms with Crippen LogP contribution in [-0.2, 0) is 9.59 Å². The lowest BCUT2D eigenvalue weighted by Crippen LogP contribution is -2.50. The van der Waals surface area contributed by atoms with Crippen LogP contribution in [0.4, 0.5) is 10.1 Å². The molecule has 0 saturated carbocycles. The first-order valence-electron chi connectivity index (χ1n) is 5.60. The van der Waals surface area contributed by atoms with Crippen molar-refractivity contribution in [1.82, 2.24) is 4.90 Å². The summed E-state index contributed by atoms with van der Waals surface area (Å²) in [5, 5.41) is 8.60. The van der Waals surface area contributed by atoms with Crippen LogP contribution in [0.15, 0.2) is 24.3 Å². The molecule has 96 valence electrons. The number of carboxylic acids is 1. The van der Waals surface area contributed by atoms with Crippen molar-refractivity contribution in [3.8, 4) is 0 Å². The summed E-state index contributed by atoms with van der Waals surface area (Å²) in [4.78, 5) is 25.1. The molecule has 1 saturated heterocycles. The van der Waals surface area contributed by atoms with Crippen LogP contribution in [-0.4, -0.2) is 48.1 Å². The largest absolute Gasteiger partial charge is 0.474 e. The van der Waals surface area contributed by atoms with E-state index in [4.69, 9.17) is 5.11 Å². The van der Waals surface area contributed by atoms with Crippen molar-refractivity contribution < 1.29 is 19.1 Å². The van der Waals surface area contributed by atoms with E-state index in [1.807, 2.05) is 4.90 Å². The molecule has 1 heterocycles. The fourth-order valence-corrected chi connectivity index (χ4v) is 1.95. The maximum Gasteiger partial charge on any atom is 0.394 e. The number of hydrogen-bond donors (Lipinski definition) is 1. The van der Waals surface area contributed by atoms with Crippen molar-refractivity contribution >= 4 is 17.6 Å². The molecule has 1 aliphatic rings. The van der Waals surface area contributed by atoms with Gasteiger partial charge in [0.15, 0.2) is 0 Å². The van der Waals surface area contributed by atoms with Crippen LogP contribution >= 0.6 is 0 Å². The SMILES string of the molecule is O=C(O)C(=O)N1CCN(c2ccc(F)cc2)CC1. The zero-order valence-corrected chi connectivity index (χ0v) is 9.67. The van der Waals surface area contributed by atoms with Crippen LogP contribution in [0.25, 0.3) is 0 Å². The topological polar surface area (TPSA) is 60.9 Å². The number of halogens is 1. The lowest BCUT2D eigenvalue weighted by Gasteiger charge is -2.35. The van der Waals surface area contributed by atoms with Gasteiger partial charge in [-0.3, -0.25) is 4.79 Å². The van der Waals surface area contributed by atoms with E-state index in [-0.39, 0.29) is 5.82 Å². The van der Waals surface area contributed by atoms with E-state index in [2.05, 4.69) is 0 Å². The second-order valence-corrected chi connectivity index (χ2v) is 4.06. The van der Waals surface area contributed by atoms with Gasteiger partial charge < -0.3 is 14.9 Å². The summed E-state index contributed by atoms with van der Waals surface area (Å²) in [6, 6.07) is 6.10. The van der Waals surface area contributed by atoms with Gasteiger partial charge in [0.2, 0.25) is 0 Å². The molecular formula is C12H13FN2O3. The summed E-state index contributed by atoms with van der Waals surface area (Å²) >= 11 is 0. The van der Waals surface area contributed by atoms with Crippen LogP contribution in [0, 0.1) is 5.82 Å². The molecule has 0 unspecified atom stereocenters. The molecule has 1 fully saturated rings. The molecule has 0 aliphatic carbocycles. The van der Waals surface area contributed by atoms with Gasteiger partial charge in [-0.2, -0.15) is 0 Å². The van der Waals surface area contributed by atoms with Gasteiger partial charge in [0, 0.05) is 31.9 Å². The highest BCUT2D eigenvalue weighted by Crippen LogP contribution is 2.16. The van der Waals surface area contributed by atoms with Gasteiger partial charge in [-0.05, 0) is 24.3 Å². The number of carbonyl (C=O) groups excluding carboxylic acids is 1. The van der Waals surface area contributed by atoms with Gasteiger partial charge in [-0.25, -0.2) is 9.18 Å². The van der Waals surface area contributed by atoms with Crippen molar-refractivity contribution in [2.24, 2.45) is 0 Å². The standard InChI is InChI=1S/C12H13FN2O3/c13-9-1-3-10(4-2-9)14-5-7-15(8-6-14)11(16)12(17)18/h1-4H,5-8H2,(H,17,18). The molecule has 0 aromatic heterocycles. The zero-order valence-electron chi connectivity index (χ0n) is 9.67. The molecular weight excluding hydrogens is 239 g/mol. The van der Waals surface area contributed by atoms with E-state index in [1.165, 1.54) is 17.0 Å². The van der Waals surface area contributed by atoms with Gasteiger partial charge in [0.05, 0.1) is 0 Å². The summed E-state index contributed by atoms with van der Waals surface area (Å²) in [6.45, 7) is 1.82. The van der Waals surface area contributed by atoms with Gasteiger partial charge >= 0.3 is 11.9 Å². The third kappa shape index (κ3) is 2.58. The zero-order chi connectivity index (χ0) is 13.1. The summed E-state index contributed by atoms with van der Waals surface area (Å²) in [7, 11) is 0. The highest BCUT2D eigenvalue weighted by molar-refractivity contribution is 6.31. The molecule has 1 aliphatic heterocycles. The summed E-state index contributed by atoms with van der Waals surface area (Å²) in [6.07, 6.45) is 0. The second kappa shape index (κ2) is 5.03. The van der Waals surface area contributed by atoms with Crippen molar-refractivity contribution in [3.63, 3.8) is 0 Å². The average Bonchev–Trinajstić information content (AvgIpc) is 2.39. The quantitative estimate of drug-likeness (QED) is 0.742. The highest BCUT2D eigenvalue weighted by Gasteiger charge is 2.25. The number of piperazine rings is 1. The van der Waals surface area contributed by atoms with E-state index in [9.17, 15) is 14.0 Å². The van der Waals surface area contributed by atoms with E-state index in [1.54, 1.807) is 12.1 Å². The summed E-state index contributed by atoms with van der Waals surface area (Å²) in [5.74, 6) is -2.59. The Bertz CT molecular complexity index is 453. The Hall–Kier alpha value is -2.11. The Morgan fingerprint density at radius 3 is 2.11 bits per heavy atom. The minimum Gasteiger partial charge on any atom is -0.474 e. The molecule has 1 N–H and O–H groups in total. The fourth-order valence-electron chi connectivity index (χ4n) is 1.95. The van der Waals surface area contributed by atoms with Crippen LogP contribution in [0.2, 0.25) is 0 Å². The predicted molar refractivity (Wildman–Crippen MR) is 62.8 cm³/mol. The Balaban J connectivity index is 1.96. The highest BCUT2D eigenvalue weighted by atomic mass is 19.1. The normalized spacial score (nSPS) is 15.6. The molecule has 5 nitrogen and oxygen atoms in total. The van der Waals surface area contributed by atoms with E-state index < -0.39 is 11.9 Å². The maximum absolute atomic E-state index is 12.8. The number of amides is 1. The number of rotatable bonds is 1. The van der Waals surface area contributed by atoms with Crippen LogP contribution in [0.3, 0.4) is 0 Å². The first kappa shape index (κ1) is 12.3. The van der Waals surface area contributed by atoms with Crippen LogP contribution in [0.5, 0.6) is 0 Å². The third-order valence-corrected chi connectivity index (χ3v) is 2.94. The number of nitrogens with zero attached hydrogens (tertiary/aromatic N) is 2. The van der Waals surface area contributed by atoms with Gasteiger partial charge in [-0.1, -0.05) is 0 Å². The number of hydrogen-bond acceptors (Lipinski definition) is 3. The van der Waals surface area contributed by atoms with Crippen molar-refractivity contribution in [2.45, 2.75) is 0 Å². The lowest BCUT2D eigenvalue weighted by atomic mass is 10.2. The molecule has 1 aromatic carbocycles. The first-order chi connectivity index (χ1) is 8.58. The average molecular weight is 252 g/mol. The maximum atomic E-state index is 12.8. The predicted octanol–water partition coefficient (Wildman–Crippen LogP) is 0.559. The Morgan fingerprint density at radius 2 is 1.61 bits per heavy atom. The number of aliphatic carboxylic acids is 1. The number of anilines is 1. The summed E-state index contributed by atoms with van der Waals surface area (Å²) < 4.78 is 12.8. The van der Waals surface area contributed by atoms with Crippen LogP contribution < -0.4 is 4.90 Å². The van der Waals surface area contributed by atoms with Crippen molar-refractivity contribution in [3.05, 3.63) is 30.1 Å². The summed E-state index contributed by atoms with van der Waals surface area (Å²) in [5.41, 5.74) is 0.874. The molecule has 1 amide bonds. The molecule has 1 aromatic rings. The smallest absolute Gasteiger partial charge is 0.394 e. The minimum atomic E-state index is -1.43. The Morgan fingerprint density at radius 1 is 1.06 bits per heavy atom. The molecule has 0 radical (unpaired) electrons. The second-order valence-electron chi connectivity index (χ2n) is 4.06. The molecule has 0 spiro atoms. The van der Waals surface area contributed by atoms with Gasteiger partial charge in [-0.15, -0.1) is 0 Å². The lowest BCUT2D eigenvalue weighted by molar-refractivity contribution is -0.156. The molecule has 0 bridgehead atoms.